The van der Waals surface area contributed by atoms with Crippen LogP contribution < -0.4 is 5.32 Å². The van der Waals surface area contributed by atoms with E-state index in [0.717, 1.165) is 13.0 Å². The molecular formula is C19H24N4O2. The highest BCUT2D eigenvalue weighted by Gasteiger charge is 2.34. The number of amides is 2. The number of H-pyrrole nitrogens is 1. The lowest BCUT2D eigenvalue weighted by Gasteiger charge is -2.40. The van der Waals surface area contributed by atoms with Crippen LogP contribution in [0.25, 0.3) is 16.5 Å². The molecule has 2 aromatic rings. The molecule has 0 spiro atoms. The van der Waals surface area contributed by atoms with Gasteiger partial charge in [0.15, 0.2) is 0 Å². The normalized spacial score (nSPS) is 22.4. The third-order valence-electron chi connectivity index (χ3n) is 5.31. The van der Waals surface area contributed by atoms with Crippen molar-refractivity contribution in [2.45, 2.75) is 25.4 Å². The monoisotopic (exact) mass is 340 g/mol. The lowest BCUT2D eigenvalue weighted by molar-refractivity contribution is -0.0828. The number of aromatic amines is 1. The summed E-state index contributed by atoms with van der Waals surface area (Å²) in [7, 11) is 3.64. The molecule has 2 N–H and O–H groups in total. The summed E-state index contributed by atoms with van der Waals surface area (Å²) in [5.74, 6) is 0. The SMILES string of the molecule is CCN(OC)C(=O)N[C@H]1C=C2c3cccc4[nH]cc(c34)C[C@H]2N(C)C1. The minimum Gasteiger partial charge on any atom is -0.361 e. The standard InChI is InChI=1S/C19H24N4O2/c1-4-23(25-3)19(24)21-13-9-15-14-6-5-7-16-18(14)12(10-20-16)8-17(15)22(2)11-13/h5-7,9-10,13,17,20H,4,8,11H2,1-3H3,(H,21,24)/t13-,17+/m0/s1. The molecule has 1 aliphatic heterocycles. The number of hydrogen-bond acceptors (Lipinski definition) is 3. The van der Waals surface area contributed by atoms with Crippen molar-refractivity contribution >= 4 is 22.5 Å². The van der Waals surface area contributed by atoms with Gasteiger partial charge in [0, 0.05) is 36.2 Å². The van der Waals surface area contributed by atoms with E-state index in [1.165, 1.54) is 39.8 Å². The van der Waals surface area contributed by atoms with Gasteiger partial charge in [-0.15, -0.1) is 0 Å². The van der Waals surface area contributed by atoms with Crippen LogP contribution in [0.3, 0.4) is 0 Å². The zero-order valence-electron chi connectivity index (χ0n) is 14.9. The number of nitrogens with zero attached hydrogens (tertiary/aromatic N) is 2. The first kappa shape index (κ1) is 16.2. The van der Waals surface area contributed by atoms with Gasteiger partial charge in [-0.1, -0.05) is 18.2 Å². The fraction of sp³-hybridized carbons (Fsp3) is 0.421. The van der Waals surface area contributed by atoms with E-state index in [9.17, 15) is 4.79 Å². The quantitative estimate of drug-likeness (QED) is 0.844. The minimum atomic E-state index is -0.199. The van der Waals surface area contributed by atoms with Gasteiger partial charge >= 0.3 is 6.03 Å². The van der Waals surface area contributed by atoms with Gasteiger partial charge in [-0.25, -0.2) is 9.86 Å². The Morgan fingerprint density at radius 3 is 3.08 bits per heavy atom. The van der Waals surface area contributed by atoms with Crippen LogP contribution in [0.1, 0.15) is 18.1 Å². The highest BCUT2D eigenvalue weighted by molar-refractivity contribution is 5.98. The average Bonchev–Trinajstić information content (AvgIpc) is 3.02. The summed E-state index contributed by atoms with van der Waals surface area (Å²) in [6, 6.07) is 6.51. The van der Waals surface area contributed by atoms with Crippen LogP contribution in [0.2, 0.25) is 0 Å². The van der Waals surface area contributed by atoms with Crippen molar-refractivity contribution in [1.82, 2.24) is 20.3 Å². The highest BCUT2D eigenvalue weighted by atomic mass is 16.7. The van der Waals surface area contributed by atoms with Gasteiger partial charge in [0.25, 0.3) is 0 Å². The second kappa shape index (κ2) is 6.20. The van der Waals surface area contributed by atoms with Crippen LogP contribution in [0.15, 0.2) is 30.5 Å². The molecule has 1 aromatic heterocycles. The van der Waals surface area contributed by atoms with Gasteiger partial charge in [-0.05, 0) is 43.2 Å². The molecule has 0 radical (unpaired) electrons. The van der Waals surface area contributed by atoms with E-state index in [-0.39, 0.29) is 12.1 Å². The molecule has 2 heterocycles. The van der Waals surface area contributed by atoms with E-state index in [1.54, 1.807) is 0 Å². The molecule has 0 saturated heterocycles. The molecule has 132 valence electrons. The van der Waals surface area contributed by atoms with E-state index >= 15 is 0 Å². The molecule has 2 amide bonds. The van der Waals surface area contributed by atoms with Gasteiger partial charge in [0.05, 0.1) is 13.2 Å². The summed E-state index contributed by atoms with van der Waals surface area (Å²) in [5.41, 5.74) is 5.13. The first-order valence-corrected chi connectivity index (χ1v) is 8.75. The Hall–Kier alpha value is -2.31. The molecule has 0 fully saturated rings. The maximum Gasteiger partial charge on any atom is 0.341 e. The summed E-state index contributed by atoms with van der Waals surface area (Å²) < 4.78 is 0. The molecule has 4 rings (SSSR count). The summed E-state index contributed by atoms with van der Waals surface area (Å²) in [6.45, 7) is 3.19. The van der Waals surface area contributed by atoms with E-state index < -0.39 is 0 Å². The number of hydroxylamine groups is 2. The first-order chi connectivity index (χ1) is 12.1. The first-order valence-electron chi connectivity index (χ1n) is 8.75. The van der Waals surface area contributed by atoms with Gasteiger partial charge in [-0.2, -0.15) is 0 Å². The number of likely N-dealkylation sites (N-methyl/N-ethyl adjacent to an activating group) is 1. The second-order valence-electron chi connectivity index (χ2n) is 6.76. The number of benzene rings is 1. The predicted molar refractivity (Wildman–Crippen MR) is 98.1 cm³/mol. The van der Waals surface area contributed by atoms with E-state index in [1.807, 2.05) is 6.92 Å². The molecule has 0 unspecified atom stereocenters. The molecule has 25 heavy (non-hydrogen) atoms. The average molecular weight is 340 g/mol. The Bertz CT molecular complexity index is 837. The Balaban J connectivity index is 1.69. The van der Waals surface area contributed by atoms with Crippen molar-refractivity contribution in [2.75, 3.05) is 27.2 Å². The third-order valence-corrected chi connectivity index (χ3v) is 5.31. The minimum absolute atomic E-state index is 0.0382. The Labute approximate surface area is 147 Å². The Morgan fingerprint density at radius 1 is 1.48 bits per heavy atom. The summed E-state index contributed by atoms with van der Waals surface area (Å²) in [5, 5.41) is 5.72. The van der Waals surface area contributed by atoms with Crippen LogP contribution in [-0.2, 0) is 11.3 Å². The number of fused-ring (bicyclic) bond motifs is 2. The van der Waals surface area contributed by atoms with Crippen molar-refractivity contribution in [3.8, 4) is 0 Å². The van der Waals surface area contributed by atoms with Crippen molar-refractivity contribution in [1.29, 1.82) is 0 Å². The van der Waals surface area contributed by atoms with Gasteiger partial charge in [0.1, 0.15) is 0 Å². The number of rotatable bonds is 3. The van der Waals surface area contributed by atoms with Crippen LogP contribution >= 0.6 is 0 Å². The number of carbonyl (C=O) groups is 1. The molecule has 0 bridgehead atoms. The molecule has 0 saturated carbocycles. The molecule has 6 heteroatoms. The van der Waals surface area contributed by atoms with Crippen molar-refractivity contribution in [3.05, 3.63) is 41.6 Å². The van der Waals surface area contributed by atoms with E-state index in [4.69, 9.17) is 4.84 Å². The largest absolute Gasteiger partial charge is 0.361 e. The molecule has 2 atom stereocenters. The number of nitrogens with one attached hydrogen (secondary N) is 2. The number of carbonyl (C=O) groups excluding carboxylic acids is 1. The number of aromatic nitrogens is 1. The summed E-state index contributed by atoms with van der Waals surface area (Å²) in [4.78, 5) is 23.1. The van der Waals surface area contributed by atoms with Crippen molar-refractivity contribution < 1.29 is 9.63 Å². The number of hydrogen-bond donors (Lipinski definition) is 2. The lowest BCUT2D eigenvalue weighted by atomic mass is 9.81. The zero-order valence-corrected chi connectivity index (χ0v) is 14.9. The topological polar surface area (TPSA) is 60.6 Å². The maximum absolute atomic E-state index is 12.3. The fourth-order valence-corrected chi connectivity index (χ4v) is 4.13. The van der Waals surface area contributed by atoms with Crippen LogP contribution in [0.4, 0.5) is 4.79 Å². The smallest absolute Gasteiger partial charge is 0.341 e. The van der Waals surface area contributed by atoms with Crippen LogP contribution in [0, 0.1) is 0 Å². The summed E-state index contributed by atoms with van der Waals surface area (Å²) in [6.07, 6.45) is 5.35. The summed E-state index contributed by atoms with van der Waals surface area (Å²) >= 11 is 0. The maximum atomic E-state index is 12.3. The lowest BCUT2D eigenvalue weighted by Crippen LogP contribution is -2.52. The van der Waals surface area contributed by atoms with Gasteiger partial charge in [0.2, 0.25) is 0 Å². The molecule has 1 aromatic carbocycles. The highest BCUT2D eigenvalue weighted by Crippen LogP contribution is 2.39. The van der Waals surface area contributed by atoms with E-state index in [2.05, 4.69) is 52.7 Å². The molecular weight excluding hydrogens is 316 g/mol. The van der Waals surface area contributed by atoms with Crippen molar-refractivity contribution in [3.63, 3.8) is 0 Å². The van der Waals surface area contributed by atoms with Crippen molar-refractivity contribution in [2.24, 2.45) is 0 Å². The Kier molecular flexibility index (Phi) is 4.01. The van der Waals surface area contributed by atoms with Gasteiger partial charge in [-0.3, -0.25) is 9.74 Å². The molecule has 6 nitrogen and oxygen atoms in total. The zero-order chi connectivity index (χ0) is 17.6. The fourth-order valence-electron chi connectivity index (χ4n) is 4.13. The van der Waals surface area contributed by atoms with Crippen LogP contribution in [-0.4, -0.2) is 60.3 Å². The molecule has 1 aliphatic carbocycles. The second-order valence-corrected chi connectivity index (χ2v) is 6.76. The van der Waals surface area contributed by atoms with E-state index in [0.29, 0.717) is 12.6 Å². The molecule has 2 aliphatic rings. The Morgan fingerprint density at radius 2 is 2.32 bits per heavy atom. The number of urea groups is 1. The third kappa shape index (κ3) is 2.62. The van der Waals surface area contributed by atoms with Crippen LogP contribution in [0.5, 0.6) is 0 Å². The predicted octanol–water partition coefficient (Wildman–Crippen LogP) is 2.38. The van der Waals surface area contributed by atoms with Gasteiger partial charge < -0.3 is 10.3 Å².